The molecule has 0 spiro atoms. The molecule has 0 aliphatic carbocycles. The standard InChI is InChI=1S/C16H11N5O4/c1-8-2-4-17-13(19-8)11-6-9(15(22)23)7-12(20-11)14-18-5-3-10(21-14)16(24)25/h2-7H,1H3,(H,22,23)(H,24,25). The highest BCUT2D eigenvalue weighted by atomic mass is 16.4. The molecule has 25 heavy (non-hydrogen) atoms. The normalized spacial score (nSPS) is 10.4. The Kier molecular flexibility index (Phi) is 4.12. The molecule has 124 valence electrons. The van der Waals surface area contributed by atoms with E-state index in [9.17, 15) is 14.7 Å². The smallest absolute Gasteiger partial charge is 0.354 e. The first-order valence-electron chi connectivity index (χ1n) is 7.06. The predicted octanol–water partition coefficient (Wildman–Crippen LogP) is 1.70. The molecule has 0 bridgehead atoms. The molecule has 0 saturated carbocycles. The number of nitrogens with zero attached hydrogens (tertiary/aromatic N) is 5. The maximum atomic E-state index is 11.4. The minimum Gasteiger partial charge on any atom is -0.478 e. The van der Waals surface area contributed by atoms with Gasteiger partial charge in [-0.05, 0) is 31.2 Å². The molecule has 3 aromatic rings. The van der Waals surface area contributed by atoms with Crippen molar-refractivity contribution in [1.29, 1.82) is 0 Å². The summed E-state index contributed by atoms with van der Waals surface area (Å²) in [4.78, 5) is 42.9. The van der Waals surface area contributed by atoms with Crippen LogP contribution in [0.2, 0.25) is 0 Å². The van der Waals surface area contributed by atoms with Gasteiger partial charge >= 0.3 is 11.9 Å². The minimum atomic E-state index is -1.22. The summed E-state index contributed by atoms with van der Waals surface area (Å²) < 4.78 is 0. The van der Waals surface area contributed by atoms with Crippen LogP contribution in [0.3, 0.4) is 0 Å². The highest BCUT2D eigenvalue weighted by Gasteiger charge is 2.16. The van der Waals surface area contributed by atoms with Crippen molar-refractivity contribution in [2.45, 2.75) is 6.92 Å². The fourth-order valence-corrected chi connectivity index (χ4v) is 2.06. The molecule has 3 heterocycles. The quantitative estimate of drug-likeness (QED) is 0.728. The lowest BCUT2D eigenvalue weighted by Crippen LogP contribution is -2.05. The first-order chi connectivity index (χ1) is 11.9. The molecule has 2 N–H and O–H groups in total. The van der Waals surface area contributed by atoms with Crippen LogP contribution in [0.5, 0.6) is 0 Å². The van der Waals surface area contributed by atoms with Gasteiger partial charge in [-0.1, -0.05) is 0 Å². The van der Waals surface area contributed by atoms with Gasteiger partial charge in [0.2, 0.25) is 0 Å². The predicted molar refractivity (Wildman–Crippen MR) is 84.9 cm³/mol. The Labute approximate surface area is 141 Å². The van der Waals surface area contributed by atoms with Crippen LogP contribution in [0.4, 0.5) is 0 Å². The van der Waals surface area contributed by atoms with Gasteiger partial charge in [0.15, 0.2) is 17.3 Å². The van der Waals surface area contributed by atoms with Crippen LogP contribution in [-0.4, -0.2) is 47.1 Å². The second-order valence-corrected chi connectivity index (χ2v) is 5.02. The van der Waals surface area contributed by atoms with Gasteiger partial charge in [-0.2, -0.15) is 0 Å². The average molecular weight is 337 g/mol. The first-order valence-corrected chi connectivity index (χ1v) is 7.06. The van der Waals surface area contributed by atoms with Crippen LogP contribution in [0, 0.1) is 6.92 Å². The van der Waals surface area contributed by atoms with E-state index in [1.54, 1.807) is 13.0 Å². The average Bonchev–Trinajstić information content (AvgIpc) is 2.61. The number of aromatic carboxylic acids is 2. The molecule has 0 unspecified atom stereocenters. The molecule has 0 aliphatic heterocycles. The number of carboxylic acids is 2. The second kappa shape index (κ2) is 6.40. The third-order valence-corrected chi connectivity index (χ3v) is 3.20. The Morgan fingerprint density at radius 3 is 2.00 bits per heavy atom. The Hall–Kier alpha value is -3.75. The molecular formula is C16H11N5O4. The molecule has 0 saturated heterocycles. The largest absolute Gasteiger partial charge is 0.478 e. The number of pyridine rings is 1. The number of hydrogen-bond acceptors (Lipinski definition) is 7. The Morgan fingerprint density at radius 1 is 0.840 bits per heavy atom. The summed E-state index contributed by atoms with van der Waals surface area (Å²) in [5.74, 6) is -2.15. The van der Waals surface area contributed by atoms with Crippen LogP contribution < -0.4 is 0 Å². The molecule has 0 amide bonds. The summed E-state index contributed by atoms with van der Waals surface area (Å²) in [7, 11) is 0. The fraction of sp³-hybridized carbons (Fsp3) is 0.0625. The monoisotopic (exact) mass is 337 g/mol. The zero-order chi connectivity index (χ0) is 18.0. The third-order valence-electron chi connectivity index (χ3n) is 3.20. The first kappa shape index (κ1) is 16.1. The molecule has 0 radical (unpaired) electrons. The number of aromatic nitrogens is 5. The zero-order valence-electron chi connectivity index (χ0n) is 12.9. The topological polar surface area (TPSA) is 139 Å². The van der Waals surface area contributed by atoms with E-state index in [0.717, 1.165) is 0 Å². The van der Waals surface area contributed by atoms with Gasteiger partial charge in [-0.15, -0.1) is 0 Å². The molecule has 9 nitrogen and oxygen atoms in total. The molecule has 3 aromatic heterocycles. The van der Waals surface area contributed by atoms with Crippen molar-refractivity contribution in [2.75, 3.05) is 0 Å². The van der Waals surface area contributed by atoms with E-state index in [4.69, 9.17) is 5.11 Å². The summed E-state index contributed by atoms with van der Waals surface area (Å²) in [5, 5.41) is 18.4. The summed E-state index contributed by atoms with van der Waals surface area (Å²) in [6.07, 6.45) is 2.80. The Morgan fingerprint density at radius 2 is 1.44 bits per heavy atom. The van der Waals surface area contributed by atoms with Crippen molar-refractivity contribution < 1.29 is 19.8 Å². The maximum Gasteiger partial charge on any atom is 0.354 e. The molecule has 0 fully saturated rings. The molecule has 9 heteroatoms. The number of carbonyl (C=O) groups is 2. The number of carboxylic acid groups (broad SMARTS) is 2. The van der Waals surface area contributed by atoms with E-state index in [0.29, 0.717) is 5.69 Å². The van der Waals surface area contributed by atoms with Crippen LogP contribution in [0.25, 0.3) is 23.0 Å². The highest BCUT2D eigenvalue weighted by molar-refractivity contribution is 5.90. The van der Waals surface area contributed by atoms with Crippen molar-refractivity contribution in [2.24, 2.45) is 0 Å². The van der Waals surface area contributed by atoms with Crippen molar-refractivity contribution in [1.82, 2.24) is 24.9 Å². The molecule has 0 aromatic carbocycles. The van der Waals surface area contributed by atoms with E-state index in [2.05, 4.69) is 24.9 Å². The van der Waals surface area contributed by atoms with Gasteiger partial charge in [0.05, 0.1) is 5.56 Å². The van der Waals surface area contributed by atoms with Crippen molar-refractivity contribution in [3.05, 3.63) is 53.6 Å². The van der Waals surface area contributed by atoms with Gasteiger partial charge in [-0.25, -0.2) is 34.5 Å². The summed E-state index contributed by atoms with van der Waals surface area (Å²) in [6, 6.07) is 5.53. The number of hydrogen-bond donors (Lipinski definition) is 2. The number of aryl methyl sites for hydroxylation is 1. The Balaban J connectivity index is 2.18. The van der Waals surface area contributed by atoms with Crippen molar-refractivity contribution in [3.8, 4) is 23.0 Å². The minimum absolute atomic E-state index is 0.00287. The lowest BCUT2D eigenvalue weighted by atomic mass is 10.1. The molecule has 3 rings (SSSR count). The van der Waals surface area contributed by atoms with E-state index in [1.165, 1.54) is 30.6 Å². The maximum absolute atomic E-state index is 11.4. The van der Waals surface area contributed by atoms with Crippen LogP contribution >= 0.6 is 0 Å². The summed E-state index contributed by atoms with van der Waals surface area (Å²) >= 11 is 0. The summed E-state index contributed by atoms with van der Waals surface area (Å²) in [6.45, 7) is 1.77. The van der Waals surface area contributed by atoms with Crippen molar-refractivity contribution >= 4 is 11.9 Å². The Bertz CT molecular complexity index is 990. The number of rotatable bonds is 4. The second-order valence-electron chi connectivity index (χ2n) is 5.02. The van der Waals surface area contributed by atoms with Crippen LogP contribution in [0.15, 0.2) is 36.7 Å². The summed E-state index contributed by atoms with van der Waals surface area (Å²) in [5.41, 5.74) is 0.750. The lowest BCUT2D eigenvalue weighted by Gasteiger charge is -2.06. The van der Waals surface area contributed by atoms with E-state index in [1.807, 2.05) is 0 Å². The lowest BCUT2D eigenvalue weighted by molar-refractivity contribution is 0.0682. The molecular weight excluding hydrogens is 326 g/mol. The van der Waals surface area contributed by atoms with Crippen LogP contribution in [-0.2, 0) is 0 Å². The molecule has 0 aliphatic rings. The van der Waals surface area contributed by atoms with Gasteiger partial charge in [0, 0.05) is 18.1 Å². The fourth-order valence-electron chi connectivity index (χ4n) is 2.06. The molecule has 0 atom stereocenters. The van der Waals surface area contributed by atoms with E-state index in [-0.39, 0.29) is 34.3 Å². The van der Waals surface area contributed by atoms with Gasteiger partial charge < -0.3 is 10.2 Å². The van der Waals surface area contributed by atoms with Gasteiger partial charge in [0.25, 0.3) is 0 Å². The third kappa shape index (κ3) is 3.44. The van der Waals surface area contributed by atoms with Gasteiger partial charge in [0.1, 0.15) is 11.4 Å². The van der Waals surface area contributed by atoms with E-state index < -0.39 is 11.9 Å². The van der Waals surface area contributed by atoms with Crippen molar-refractivity contribution in [3.63, 3.8) is 0 Å². The van der Waals surface area contributed by atoms with E-state index >= 15 is 0 Å². The highest BCUT2D eigenvalue weighted by Crippen LogP contribution is 2.21. The van der Waals surface area contributed by atoms with Crippen LogP contribution in [0.1, 0.15) is 26.5 Å². The van der Waals surface area contributed by atoms with Gasteiger partial charge in [-0.3, -0.25) is 0 Å². The SMILES string of the molecule is Cc1ccnc(-c2cc(C(=O)O)cc(-c3nccc(C(=O)O)n3)n2)n1. The zero-order valence-corrected chi connectivity index (χ0v) is 12.9.